The predicted molar refractivity (Wildman–Crippen MR) is 72.8 cm³/mol. The number of methoxy groups -OCH3 is 1. The van der Waals surface area contributed by atoms with Crippen molar-refractivity contribution >= 4 is 17.0 Å². The van der Waals surface area contributed by atoms with Crippen LogP contribution in [-0.4, -0.2) is 23.0 Å². The van der Waals surface area contributed by atoms with E-state index in [1.165, 1.54) is 19.2 Å². The zero-order valence-corrected chi connectivity index (χ0v) is 11.0. The molecule has 6 heteroatoms. The van der Waals surface area contributed by atoms with Crippen molar-refractivity contribution in [3.63, 3.8) is 0 Å². The summed E-state index contributed by atoms with van der Waals surface area (Å²) in [7, 11) is 1.26. The van der Waals surface area contributed by atoms with Crippen molar-refractivity contribution in [3.05, 3.63) is 53.6 Å². The number of ether oxygens (including phenoxy) is 1. The van der Waals surface area contributed by atoms with Crippen molar-refractivity contribution in [2.75, 3.05) is 7.11 Å². The maximum Gasteiger partial charge on any atom is 0.340 e. The number of rotatable bonds is 2. The van der Waals surface area contributed by atoms with Gasteiger partial charge in [0.1, 0.15) is 11.3 Å². The summed E-state index contributed by atoms with van der Waals surface area (Å²) in [5, 5.41) is 0. The average molecular weight is 288 g/mol. The molecule has 0 radical (unpaired) electrons. The van der Waals surface area contributed by atoms with Gasteiger partial charge < -0.3 is 9.72 Å². The second-order valence-corrected chi connectivity index (χ2v) is 4.38. The standard InChI is InChI=1S/C15H10F2N2O2/c1-21-15(20)9-5-3-7-11-13(9)19-14(18-11)8-4-2-6-10(16)12(8)17/h2-7H,1H3,(H,18,19). The topological polar surface area (TPSA) is 55.0 Å². The third-order valence-electron chi connectivity index (χ3n) is 3.12. The summed E-state index contributed by atoms with van der Waals surface area (Å²) < 4.78 is 31.8. The molecule has 2 aromatic carbocycles. The number of imidazole rings is 1. The van der Waals surface area contributed by atoms with Gasteiger partial charge in [-0.3, -0.25) is 0 Å². The molecule has 1 aromatic heterocycles. The molecule has 0 aliphatic rings. The Morgan fingerprint density at radius 1 is 1.19 bits per heavy atom. The number of benzene rings is 2. The zero-order valence-electron chi connectivity index (χ0n) is 11.0. The maximum absolute atomic E-state index is 13.8. The second-order valence-electron chi connectivity index (χ2n) is 4.38. The van der Waals surface area contributed by atoms with Gasteiger partial charge in [-0.25, -0.2) is 18.6 Å². The van der Waals surface area contributed by atoms with E-state index >= 15 is 0 Å². The highest BCUT2D eigenvalue weighted by Gasteiger charge is 2.17. The fourth-order valence-electron chi connectivity index (χ4n) is 2.12. The SMILES string of the molecule is COC(=O)c1cccc2[nH]c(-c3cccc(F)c3F)nc12. The van der Waals surface area contributed by atoms with Crippen LogP contribution in [-0.2, 0) is 4.74 Å². The molecule has 0 saturated heterocycles. The van der Waals surface area contributed by atoms with Crippen LogP contribution in [0.2, 0.25) is 0 Å². The largest absolute Gasteiger partial charge is 0.465 e. The van der Waals surface area contributed by atoms with Crippen molar-refractivity contribution in [2.45, 2.75) is 0 Å². The van der Waals surface area contributed by atoms with Gasteiger partial charge in [-0.05, 0) is 24.3 Å². The monoisotopic (exact) mass is 288 g/mol. The predicted octanol–water partition coefficient (Wildman–Crippen LogP) is 3.29. The Morgan fingerprint density at radius 3 is 2.71 bits per heavy atom. The van der Waals surface area contributed by atoms with Crippen molar-refractivity contribution in [3.8, 4) is 11.4 Å². The van der Waals surface area contributed by atoms with Gasteiger partial charge in [-0.1, -0.05) is 12.1 Å². The average Bonchev–Trinajstić information content (AvgIpc) is 2.92. The van der Waals surface area contributed by atoms with Crippen LogP contribution in [0.25, 0.3) is 22.4 Å². The highest BCUT2D eigenvalue weighted by atomic mass is 19.2. The molecule has 3 aromatic rings. The van der Waals surface area contributed by atoms with Crippen LogP contribution >= 0.6 is 0 Å². The van der Waals surface area contributed by atoms with E-state index in [2.05, 4.69) is 14.7 Å². The zero-order chi connectivity index (χ0) is 15.0. The molecule has 0 amide bonds. The summed E-state index contributed by atoms with van der Waals surface area (Å²) in [4.78, 5) is 18.7. The maximum atomic E-state index is 13.8. The molecule has 0 saturated carbocycles. The molecular formula is C15H10F2N2O2. The Balaban J connectivity index is 2.22. The number of esters is 1. The van der Waals surface area contributed by atoms with Crippen LogP contribution in [0.1, 0.15) is 10.4 Å². The van der Waals surface area contributed by atoms with E-state index in [0.29, 0.717) is 11.0 Å². The molecule has 21 heavy (non-hydrogen) atoms. The molecule has 4 nitrogen and oxygen atoms in total. The Labute approximate surface area is 118 Å². The van der Waals surface area contributed by atoms with Crippen LogP contribution in [0.5, 0.6) is 0 Å². The molecule has 0 atom stereocenters. The quantitative estimate of drug-likeness (QED) is 0.736. The summed E-state index contributed by atoms with van der Waals surface area (Å²) in [6, 6.07) is 8.73. The number of fused-ring (bicyclic) bond motifs is 1. The lowest BCUT2D eigenvalue weighted by atomic mass is 10.2. The summed E-state index contributed by atoms with van der Waals surface area (Å²) in [6.07, 6.45) is 0. The molecule has 1 N–H and O–H groups in total. The molecule has 0 unspecified atom stereocenters. The van der Waals surface area contributed by atoms with Crippen LogP contribution in [0, 0.1) is 11.6 Å². The minimum atomic E-state index is -0.990. The lowest BCUT2D eigenvalue weighted by molar-refractivity contribution is 0.0603. The third kappa shape index (κ3) is 2.14. The van der Waals surface area contributed by atoms with E-state index in [1.54, 1.807) is 18.2 Å². The number of nitrogens with zero attached hydrogens (tertiary/aromatic N) is 1. The van der Waals surface area contributed by atoms with Gasteiger partial charge in [0.25, 0.3) is 0 Å². The highest BCUT2D eigenvalue weighted by molar-refractivity contribution is 6.02. The number of para-hydroxylation sites is 1. The van der Waals surface area contributed by atoms with Gasteiger partial charge in [0.15, 0.2) is 11.6 Å². The molecule has 3 rings (SSSR count). The van der Waals surface area contributed by atoms with Crippen LogP contribution in [0.15, 0.2) is 36.4 Å². The first-order valence-corrected chi connectivity index (χ1v) is 6.13. The minimum absolute atomic E-state index is 0.00187. The smallest absolute Gasteiger partial charge is 0.340 e. The van der Waals surface area contributed by atoms with Crippen molar-refractivity contribution < 1.29 is 18.3 Å². The summed E-state index contributed by atoms with van der Waals surface area (Å²) in [5.74, 6) is -2.34. The van der Waals surface area contributed by atoms with E-state index in [4.69, 9.17) is 0 Å². The highest BCUT2D eigenvalue weighted by Crippen LogP contribution is 2.26. The summed E-state index contributed by atoms with van der Waals surface area (Å²) >= 11 is 0. The summed E-state index contributed by atoms with van der Waals surface area (Å²) in [6.45, 7) is 0. The molecule has 0 fully saturated rings. The van der Waals surface area contributed by atoms with Crippen LogP contribution in [0.4, 0.5) is 8.78 Å². The Kier molecular flexibility index (Phi) is 3.13. The molecule has 0 bridgehead atoms. The number of hydrogen-bond donors (Lipinski definition) is 1. The van der Waals surface area contributed by atoms with Crippen molar-refractivity contribution in [1.82, 2.24) is 9.97 Å². The lowest BCUT2D eigenvalue weighted by Gasteiger charge is -1.99. The number of halogens is 2. The van der Waals surface area contributed by atoms with Gasteiger partial charge in [0.05, 0.1) is 23.8 Å². The normalized spacial score (nSPS) is 10.8. The molecule has 0 spiro atoms. The fraction of sp³-hybridized carbons (Fsp3) is 0.0667. The Hall–Kier alpha value is -2.76. The first-order chi connectivity index (χ1) is 10.1. The first-order valence-electron chi connectivity index (χ1n) is 6.13. The number of carbonyl (C=O) groups excluding carboxylic acids is 1. The lowest BCUT2D eigenvalue weighted by Crippen LogP contribution is -2.01. The van der Waals surface area contributed by atoms with Gasteiger partial charge in [-0.15, -0.1) is 0 Å². The number of aromatic nitrogens is 2. The van der Waals surface area contributed by atoms with Gasteiger partial charge >= 0.3 is 5.97 Å². The number of aromatic amines is 1. The molecular weight excluding hydrogens is 278 g/mol. The van der Waals surface area contributed by atoms with Gasteiger partial charge in [0.2, 0.25) is 0 Å². The van der Waals surface area contributed by atoms with E-state index in [-0.39, 0.29) is 17.0 Å². The van der Waals surface area contributed by atoms with E-state index in [9.17, 15) is 13.6 Å². The van der Waals surface area contributed by atoms with Crippen LogP contribution < -0.4 is 0 Å². The Bertz CT molecular complexity index is 843. The van der Waals surface area contributed by atoms with Gasteiger partial charge in [-0.2, -0.15) is 0 Å². The minimum Gasteiger partial charge on any atom is -0.465 e. The van der Waals surface area contributed by atoms with E-state index in [0.717, 1.165) is 6.07 Å². The molecule has 106 valence electrons. The van der Waals surface area contributed by atoms with Crippen molar-refractivity contribution in [1.29, 1.82) is 0 Å². The summed E-state index contributed by atoms with van der Waals surface area (Å²) in [5.41, 5.74) is 1.15. The number of hydrogen-bond acceptors (Lipinski definition) is 3. The first kappa shape index (κ1) is 13.2. The van der Waals surface area contributed by atoms with E-state index < -0.39 is 17.6 Å². The molecule has 1 heterocycles. The van der Waals surface area contributed by atoms with Crippen LogP contribution in [0.3, 0.4) is 0 Å². The van der Waals surface area contributed by atoms with Gasteiger partial charge in [0, 0.05) is 0 Å². The van der Waals surface area contributed by atoms with Crippen molar-refractivity contribution in [2.24, 2.45) is 0 Å². The Morgan fingerprint density at radius 2 is 1.95 bits per heavy atom. The number of nitrogens with one attached hydrogen (secondary N) is 1. The number of carbonyl (C=O) groups is 1. The molecule has 0 aliphatic carbocycles. The number of H-pyrrole nitrogens is 1. The third-order valence-corrected chi connectivity index (χ3v) is 3.12. The molecule has 0 aliphatic heterocycles. The van der Waals surface area contributed by atoms with E-state index in [1.807, 2.05) is 0 Å². The fourth-order valence-corrected chi connectivity index (χ4v) is 2.12. The second kappa shape index (κ2) is 4.97.